The Morgan fingerprint density at radius 3 is 2.92 bits per heavy atom. The summed E-state index contributed by atoms with van der Waals surface area (Å²) in [7, 11) is 0. The number of nitrogens with one attached hydrogen (secondary N) is 2. The number of nitrogens with zero attached hydrogens (tertiary/aromatic N) is 2. The molecule has 0 bridgehead atoms. The van der Waals surface area contributed by atoms with Gasteiger partial charge in [0.05, 0.1) is 17.8 Å². The zero-order valence-corrected chi connectivity index (χ0v) is 14.9. The van der Waals surface area contributed by atoms with Crippen LogP contribution in [-0.4, -0.2) is 27.4 Å². The fraction of sp³-hybridized carbons (Fsp3) is 0.150. The van der Waals surface area contributed by atoms with E-state index in [1.54, 1.807) is 6.20 Å². The van der Waals surface area contributed by atoms with Crippen LogP contribution in [0.15, 0.2) is 60.2 Å². The molecule has 0 aliphatic carbocycles. The van der Waals surface area contributed by atoms with E-state index in [-0.39, 0.29) is 12.3 Å². The summed E-state index contributed by atoms with van der Waals surface area (Å²) in [6.45, 7) is 0.609. The molecule has 130 valence electrons. The third-order valence-electron chi connectivity index (χ3n) is 4.17. The van der Waals surface area contributed by atoms with Gasteiger partial charge < -0.3 is 10.3 Å². The second kappa shape index (κ2) is 7.49. The van der Waals surface area contributed by atoms with Crippen LogP contribution in [0.2, 0.25) is 0 Å². The van der Waals surface area contributed by atoms with E-state index in [2.05, 4.69) is 32.4 Å². The zero-order valence-electron chi connectivity index (χ0n) is 14.1. The molecule has 0 fully saturated rings. The lowest BCUT2D eigenvalue weighted by molar-refractivity contribution is -0.120. The van der Waals surface area contributed by atoms with Gasteiger partial charge in [0.15, 0.2) is 0 Å². The Labute approximate surface area is 155 Å². The molecule has 1 aromatic carbocycles. The van der Waals surface area contributed by atoms with Crippen molar-refractivity contribution in [3.05, 3.63) is 71.5 Å². The maximum absolute atomic E-state index is 12.2. The molecule has 0 radical (unpaired) electrons. The van der Waals surface area contributed by atoms with Gasteiger partial charge in [-0.2, -0.15) is 0 Å². The van der Waals surface area contributed by atoms with Crippen molar-refractivity contribution in [2.75, 3.05) is 6.54 Å². The number of aromatic nitrogens is 3. The Kier molecular flexibility index (Phi) is 4.75. The highest BCUT2D eigenvalue weighted by Gasteiger charge is 2.10. The molecule has 4 rings (SSSR count). The van der Waals surface area contributed by atoms with Crippen molar-refractivity contribution < 1.29 is 4.79 Å². The average Bonchev–Trinajstić information content (AvgIpc) is 3.30. The number of H-pyrrole nitrogens is 1. The molecule has 2 N–H and O–H groups in total. The predicted molar refractivity (Wildman–Crippen MR) is 104 cm³/mol. The van der Waals surface area contributed by atoms with E-state index >= 15 is 0 Å². The van der Waals surface area contributed by atoms with Gasteiger partial charge in [0.2, 0.25) is 5.91 Å². The van der Waals surface area contributed by atoms with Gasteiger partial charge in [0.1, 0.15) is 5.01 Å². The maximum atomic E-state index is 12.2. The van der Waals surface area contributed by atoms with Gasteiger partial charge in [0, 0.05) is 35.2 Å². The first-order chi connectivity index (χ1) is 12.8. The van der Waals surface area contributed by atoms with Crippen LogP contribution in [0.3, 0.4) is 0 Å². The minimum Gasteiger partial charge on any atom is -0.361 e. The van der Waals surface area contributed by atoms with Gasteiger partial charge in [-0.15, -0.1) is 11.3 Å². The minimum atomic E-state index is -0.0114. The number of carbonyl (C=O) groups is 1. The van der Waals surface area contributed by atoms with Crippen LogP contribution < -0.4 is 5.32 Å². The number of rotatable bonds is 6. The molecular formula is C20H18N4OS. The number of hydrogen-bond donors (Lipinski definition) is 2. The van der Waals surface area contributed by atoms with Crippen LogP contribution in [0, 0.1) is 0 Å². The molecule has 5 nitrogen and oxygen atoms in total. The van der Waals surface area contributed by atoms with Gasteiger partial charge in [-0.25, -0.2) is 4.98 Å². The SMILES string of the molecule is O=C(Cc1csc(-c2ccccn2)n1)NCCc1c[nH]c2ccccc12. The van der Waals surface area contributed by atoms with Crippen LogP contribution >= 0.6 is 11.3 Å². The molecule has 1 amide bonds. The highest BCUT2D eigenvalue weighted by atomic mass is 32.1. The standard InChI is InChI=1S/C20H18N4OS/c25-19(11-15-13-26-20(24-15)18-7-3-4-9-21-18)22-10-8-14-12-23-17-6-2-1-5-16(14)17/h1-7,9,12-13,23H,8,10-11H2,(H,22,25). The fourth-order valence-electron chi connectivity index (χ4n) is 2.90. The maximum Gasteiger partial charge on any atom is 0.226 e. The average molecular weight is 362 g/mol. The molecule has 0 spiro atoms. The molecule has 26 heavy (non-hydrogen) atoms. The van der Waals surface area contributed by atoms with E-state index in [4.69, 9.17) is 0 Å². The quantitative estimate of drug-likeness (QED) is 0.551. The molecule has 0 saturated carbocycles. The Morgan fingerprint density at radius 2 is 2.04 bits per heavy atom. The number of pyridine rings is 1. The van der Waals surface area contributed by atoms with Gasteiger partial charge in [-0.3, -0.25) is 9.78 Å². The first kappa shape index (κ1) is 16.5. The number of benzene rings is 1. The first-order valence-corrected chi connectivity index (χ1v) is 9.35. The van der Waals surface area contributed by atoms with Crippen LogP contribution in [0.1, 0.15) is 11.3 Å². The van der Waals surface area contributed by atoms with E-state index in [1.165, 1.54) is 22.3 Å². The lowest BCUT2D eigenvalue weighted by Gasteiger charge is -2.03. The summed E-state index contributed by atoms with van der Waals surface area (Å²) in [6.07, 6.45) is 4.84. The molecule has 0 atom stereocenters. The molecule has 4 aromatic rings. The number of carbonyl (C=O) groups excluding carboxylic acids is 1. The van der Waals surface area contributed by atoms with Crippen LogP contribution in [0.5, 0.6) is 0 Å². The summed E-state index contributed by atoms with van der Waals surface area (Å²) in [6, 6.07) is 13.9. The van der Waals surface area contributed by atoms with Crippen molar-refractivity contribution >= 4 is 28.1 Å². The summed E-state index contributed by atoms with van der Waals surface area (Å²) in [5.74, 6) is -0.0114. The molecule has 0 aliphatic rings. The molecule has 0 aliphatic heterocycles. The van der Waals surface area contributed by atoms with Crippen molar-refractivity contribution in [2.24, 2.45) is 0 Å². The third kappa shape index (κ3) is 3.65. The normalized spacial score (nSPS) is 10.9. The van der Waals surface area contributed by atoms with Crippen LogP contribution in [-0.2, 0) is 17.6 Å². The van der Waals surface area contributed by atoms with E-state index < -0.39 is 0 Å². The fourth-order valence-corrected chi connectivity index (χ4v) is 3.69. The molecule has 3 heterocycles. The monoisotopic (exact) mass is 362 g/mol. The summed E-state index contributed by atoms with van der Waals surface area (Å²) in [5.41, 5.74) is 3.95. The number of thiazole rings is 1. The molecular weight excluding hydrogens is 344 g/mol. The highest BCUT2D eigenvalue weighted by molar-refractivity contribution is 7.13. The Morgan fingerprint density at radius 1 is 1.15 bits per heavy atom. The second-order valence-electron chi connectivity index (χ2n) is 6.00. The summed E-state index contributed by atoms with van der Waals surface area (Å²) in [5, 5.41) is 6.95. The zero-order chi connectivity index (χ0) is 17.8. The molecule has 6 heteroatoms. The lowest BCUT2D eigenvalue weighted by atomic mass is 10.1. The summed E-state index contributed by atoms with van der Waals surface area (Å²) < 4.78 is 0. The van der Waals surface area contributed by atoms with Gasteiger partial charge >= 0.3 is 0 Å². The first-order valence-electron chi connectivity index (χ1n) is 8.47. The smallest absolute Gasteiger partial charge is 0.226 e. The van der Waals surface area contributed by atoms with E-state index in [0.29, 0.717) is 6.54 Å². The summed E-state index contributed by atoms with van der Waals surface area (Å²) >= 11 is 1.51. The molecule has 0 saturated heterocycles. The highest BCUT2D eigenvalue weighted by Crippen LogP contribution is 2.21. The third-order valence-corrected chi connectivity index (χ3v) is 5.08. The topological polar surface area (TPSA) is 70.7 Å². The van der Waals surface area contributed by atoms with E-state index in [9.17, 15) is 4.79 Å². The van der Waals surface area contributed by atoms with Gasteiger partial charge in [-0.1, -0.05) is 24.3 Å². The Bertz CT molecular complexity index is 1020. The van der Waals surface area contributed by atoms with Gasteiger partial charge in [-0.05, 0) is 30.2 Å². The number of para-hydroxylation sites is 1. The number of fused-ring (bicyclic) bond motifs is 1. The van der Waals surface area contributed by atoms with E-state index in [1.807, 2.05) is 41.9 Å². The molecule has 0 unspecified atom stereocenters. The van der Waals surface area contributed by atoms with Crippen molar-refractivity contribution in [2.45, 2.75) is 12.8 Å². The van der Waals surface area contributed by atoms with Crippen molar-refractivity contribution in [3.8, 4) is 10.7 Å². The van der Waals surface area contributed by atoms with Crippen molar-refractivity contribution in [3.63, 3.8) is 0 Å². The largest absolute Gasteiger partial charge is 0.361 e. The van der Waals surface area contributed by atoms with Crippen LogP contribution in [0.25, 0.3) is 21.6 Å². The minimum absolute atomic E-state index is 0.0114. The van der Waals surface area contributed by atoms with Crippen LogP contribution in [0.4, 0.5) is 0 Å². The van der Waals surface area contributed by atoms with Gasteiger partial charge in [0.25, 0.3) is 0 Å². The second-order valence-corrected chi connectivity index (χ2v) is 6.85. The lowest BCUT2D eigenvalue weighted by Crippen LogP contribution is -2.27. The van der Waals surface area contributed by atoms with Crippen molar-refractivity contribution in [1.82, 2.24) is 20.3 Å². The van der Waals surface area contributed by atoms with Crippen molar-refractivity contribution in [1.29, 1.82) is 0 Å². The number of aromatic amines is 1. The molecule has 3 aromatic heterocycles. The number of amides is 1. The summed E-state index contributed by atoms with van der Waals surface area (Å²) in [4.78, 5) is 24.2. The van der Waals surface area contributed by atoms with E-state index in [0.717, 1.165) is 28.3 Å². The number of hydrogen-bond acceptors (Lipinski definition) is 4. The predicted octanol–water partition coefficient (Wildman–Crippen LogP) is 3.59. The Hall–Kier alpha value is -2.99. The Balaban J connectivity index is 1.31.